The lowest BCUT2D eigenvalue weighted by molar-refractivity contribution is 0.415. The van der Waals surface area contributed by atoms with E-state index < -0.39 is 10.0 Å². The van der Waals surface area contributed by atoms with Crippen molar-refractivity contribution in [1.29, 1.82) is 0 Å². The summed E-state index contributed by atoms with van der Waals surface area (Å²) in [4.78, 5) is 0.285. The van der Waals surface area contributed by atoms with Crippen LogP contribution in [0.5, 0.6) is 5.75 Å². The standard InChI is InChI=1S/C16H21NO3S/c1-11(2)12(3)17-21(18,19)16-8-6-13-9-15(20-4)7-5-14(13)10-16/h5-12,17H,1-4H3. The molecule has 0 aliphatic rings. The number of fused-ring (bicyclic) bond motifs is 1. The number of rotatable bonds is 5. The van der Waals surface area contributed by atoms with Crippen LogP contribution >= 0.6 is 0 Å². The molecule has 114 valence electrons. The van der Waals surface area contributed by atoms with Crippen LogP contribution in [-0.4, -0.2) is 21.6 Å². The molecule has 0 aliphatic heterocycles. The molecule has 1 atom stereocenters. The third-order valence-electron chi connectivity index (χ3n) is 3.67. The van der Waals surface area contributed by atoms with Gasteiger partial charge in [-0.2, -0.15) is 0 Å². The third kappa shape index (κ3) is 3.54. The van der Waals surface area contributed by atoms with Gasteiger partial charge in [0.15, 0.2) is 0 Å². The molecule has 0 bridgehead atoms. The molecule has 2 aromatic carbocycles. The number of nitrogens with one attached hydrogen (secondary N) is 1. The van der Waals surface area contributed by atoms with Gasteiger partial charge in [0.1, 0.15) is 5.75 Å². The Balaban J connectivity index is 2.38. The van der Waals surface area contributed by atoms with Crippen molar-refractivity contribution in [3.63, 3.8) is 0 Å². The van der Waals surface area contributed by atoms with E-state index in [0.29, 0.717) is 0 Å². The summed E-state index contributed by atoms with van der Waals surface area (Å²) in [6.07, 6.45) is 0. The average Bonchev–Trinajstić information content (AvgIpc) is 2.45. The van der Waals surface area contributed by atoms with E-state index in [-0.39, 0.29) is 16.9 Å². The first-order valence-electron chi connectivity index (χ1n) is 6.93. The van der Waals surface area contributed by atoms with Gasteiger partial charge < -0.3 is 4.74 Å². The first-order chi connectivity index (χ1) is 9.83. The maximum absolute atomic E-state index is 12.4. The molecular formula is C16H21NO3S. The highest BCUT2D eigenvalue weighted by molar-refractivity contribution is 7.89. The van der Waals surface area contributed by atoms with Gasteiger partial charge in [-0.05, 0) is 47.9 Å². The van der Waals surface area contributed by atoms with E-state index >= 15 is 0 Å². The molecule has 1 N–H and O–H groups in total. The number of benzene rings is 2. The fourth-order valence-corrected chi connectivity index (χ4v) is 3.37. The Bertz CT molecular complexity index is 738. The van der Waals surface area contributed by atoms with Crippen molar-refractivity contribution in [3.05, 3.63) is 36.4 Å². The number of ether oxygens (including phenoxy) is 1. The molecule has 0 spiro atoms. The Labute approximate surface area is 126 Å². The molecule has 21 heavy (non-hydrogen) atoms. The molecule has 0 saturated carbocycles. The van der Waals surface area contributed by atoms with Gasteiger partial charge in [0.25, 0.3) is 0 Å². The van der Waals surface area contributed by atoms with Crippen molar-refractivity contribution < 1.29 is 13.2 Å². The van der Waals surface area contributed by atoms with Crippen LogP contribution in [0.1, 0.15) is 20.8 Å². The SMILES string of the molecule is COc1ccc2cc(S(=O)(=O)NC(C)C(C)C)ccc2c1. The molecule has 0 radical (unpaired) electrons. The van der Waals surface area contributed by atoms with Gasteiger partial charge in [0.05, 0.1) is 12.0 Å². The normalized spacial score (nSPS) is 13.6. The molecule has 0 aliphatic carbocycles. The minimum absolute atomic E-state index is 0.110. The maximum Gasteiger partial charge on any atom is 0.240 e. The van der Waals surface area contributed by atoms with E-state index in [1.54, 1.807) is 25.3 Å². The van der Waals surface area contributed by atoms with Crippen LogP contribution in [0.15, 0.2) is 41.3 Å². The largest absolute Gasteiger partial charge is 0.497 e. The topological polar surface area (TPSA) is 55.4 Å². The van der Waals surface area contributed by atoms with E-state index in [2.05, 4.69) is 4.72 Å². The van der Waals surface area contributed by atoms with Crippen LogP contribution in [-0.2, 0) is 10.0 Å². The van der Waals surface area contributed by atoms with Crippen LogP contribution in [0.4, 0.5) is 0 Å². The lowest BCUT2D eigenvalue weighted by atomic mass is 10.1. The first-order valence-corrected chi connectivity index (χ1v) is 8.42. The second-order valence-electron chi connectivity index (χ2n) is 5.53. The van der Waals surface area contributed by atoms with E-state index in [9.17, 15) is 8.42 Å². The van der Waals surface area contributed by atoms with Crippen molar-refractivity contribution in [1.82, 2.24) is 4.72 Å². The Morgan fingerprint density at radius 2 is 1.62 bits per heavy atom. The quantitative estimate of drug-likeness (QED) is 0.923. The smallest absolute Gasteiger partial charge is 0.240 e. The molecule has 0 heterocycles. The summed E-state index contributed by atoms with van der Waals surface area (Å²) in [5.41, 5.74) is 0. The Morgan fingerprint density at radius 3 is 2.24 bits per heavy atom. The molecule has 0 amide bonds. The predicted octanol–water partition coefficient (Wildman–Crippen LogP) is 3.17. The summed E-state index contributed by atoms with van der Waals surface area (Å²) in [5, 5.41) is 1.82. The lowest BCUT2D eigenvalue weighted by Gasteiger charge is -2.17. The van der Waals surface area contributed by atoms with Gasteiger partial charge in [-0.25, -0.2) is 13.1 Å². The van der Waals surface area contributed by atoms with Gasteiger partial charge in [-0.15, -0.1) is 0 Å². The van der Waals surface area contributed by atoms with Gasteiger partial charge in [0.2, 0.25) is 10.0 Å². The van der Waals surface area contributed by atoms with Crippen molar-refractivity contribution in [2.75, 3.05) is 7.11 Å². The summed E-state index contributed by atoms with van der Waals surface area (Å²) < 4.78 is 32.6. The Morgan fingerprint density at radius 1 is 1.00 bits per heavy atom. The summed E-state index contributed by atoms with van der Waals surface area (Å²) >= 11 is 0. The second kappa shape index (κ2) is 6.03. The fraction of sp³-hybridized carbons (Fsp3) is 0.375. The van der Waals surface area contributed by atoms with Crippen molar-refractivity contribution in [3.8, 4) is 5.75 Å². The van der Waals surface area contributed by atoms with Crippen molar-refractivity contribution >= 4 is 20.8 Å². The average molecular weight is 307 g/mol. The number of hydrogen-bond acceptors (Lipinski definition) is 3. The van der Waals surface area contributed by atoms with Crippen LogP contribution in [0.3, 0.4) is 0 Å². The van der Waals surface area contributed by atoms with Crippen molar-refractivity contribution in [2.45, 2.75) is 31.7 Å². The van der Waals surface area contributed by atoms with Crippen LogP contribution in [0, 0.1) is 5.92 Å². The van der Waals surface area contributed by atoms with Crippen LogP contribution < -0.4 is 9.46 Å². The van der Waals surface area contributed by atoms with E-state index in [4.69, 9.17) is 4.74 Å². The summed E-state index contributed by atoms with van der Waals surface area (Å²) in [6.45, 7) is 5.84. The fourth-order valence-electron chi connectivity index (χ4n) is 1.94. The van der Waals surface area contributed by atoms with Gasteiger partial charge in [-0.3, -0.25) is 0 Å². The zero-order chi connectivity index (χ0) is 15.6. The maximum atomic E-state index is 12.4. The summed E-state index contributed by atoms with van der Waals surface area (Å²) in [6, 6.07) is 10.6. The molecule has 0 aromatic heterocycles. The molecule has 0 saturated heterocycles. The van der Waals surface area contributed by atoms with E-state index in [1.165, 1.54) is 0 Å². The zero-order valence-electron chi connectivity index (χ0n) is 12.8. The Kier molecular flexibility index (Phi) is 4.54. The minimum atomic E-state index is -3.49. The number of sulfonamides is 1. The predicted molar refractivity (Wildman–Crippen MR) is 85.1 cm³/mol. The molecular weight excluding hydrogens is 286 g/mol. The first kappa shape index (κ1) is 15.8. The monoisotopic (exact) mass is 307 g/mol. The third-order valence-corrected chi connectivity index (χ3v) is 5.23. The molecule has 4 nitrogen and oxygen atoms in total. The molecule has 5 heteroatoms. The lowest BCUT2D eigenvalue weighted by Crippen LogP contribution is -2.36. The highest BCUT2D eigenvalue weighted by Crippen LogP contribution is 2.23. The highest BCUT2D eigenvalue weighted by atomic mass is 32.2. The van der Waals surface area contributed by atoms with Crippen molar-refractivity contribution in [2.24, 2.45) is 5.92 Å². The molecule has 2 rings (SSSR count). The van der Waals surface area contributed by atoms with E-state index in [1.807, 2.05) is 39.0 Å². The molecule has 1 unspecified atom stereocenters. The summed E-state index contributed by atoms with van der Waals surface area (Å²) in [5.74, 6) is 0.995. The van der Waals surface area contributed by atoms with Gasteiger partial charge in [0, 0.05) is 6.04 Å². The van der Waals surface area contributed by atoms with Gasteiger partial charge in [-0.1, -0.05) is 26.0 Å². The van der Waals surface area contributed by atoms with Crippen LogP contribution in [0.2, 0.25) is 0 Å². The van der Waals surface area contributed by atoms with E-state index in [0.717, 1.165) is 16.5 Å². The molecule has 2 aromatic rings. The van der Waals surface area contributed by atoms with Crippen LogP contribution in [0.25, 0.3) is 10.8 Å². The van der Waals surface area contributed by atoms with Gasteiger partial charge >= 0.3 is 0 Å². The molecule has 0 fully saturated rings. The highest BCUT2D eigenvalue weighted by Gasteiger charge is 2.19. The number of methoxy groups -OCH3 is 1. The second-order valence-corrected chi connectivity index (χ2v) is 7.24. The Hall–Kier alpha value is -1.59. The zero-order valence-corrected chi connectivity index (χ0v) is 13.6. The number of hydrogen-bond donors (Lipinski definition) is 1. The minimum Gasteiger partial charge on any atom is -0.497 e. The summed E-state index contributed by atoms with van der Waals surface area (Å²) in [7, 11) is -1.88.